The van der Waals surface area contributed by atoms with Gasteiger partial charge in [-0.15, -0.1) is 22.9 Å². The number of aryl methyl sites for hydroxylation is 1. The van der Waals surface area contributed by atoms with Crippen LogP contribution in [0, 0.1) is 6.92 Å². The molecule has 0 unspecified atom stereocenters. The van der Waals surface area contributed by atoms with Gasteiger partial charge in [0, 0.05) is 15.5 Å². The molecular weight excluding hydrogens is 348 g/mol. The molecule has 100 valence electrons. The van der Waals surface area contributed by atoms with Crippen LogP contribution in [0.15, 0.2) is 28.1 Å². The fourth-order valence-corrected chi connectivity index (χ4v) is 3.27. The van der Waals surface area contributed by atoms with Gasteiger partial charge in [0.05, 0.1) is 18.0 Å². The molecule has 0 saturated carbocycles. The maximum absolute atomic E-state index is 11.9. The Kier molecular flexibility index (Phi) is 4.96. The van der Waals surface area contributed by atoms with Crippen LogP contribution < -0.4 is 5.32 Å². The van der Waals surface area contributed by atoms with Crippen LogP contribution in [0.2, 0.25) is 0 Å². The van der Waals surface area contributed by atoms with Gasteiger partial charge in [-0.25, -0.2) is 4.98 Å². The summed E-state index contributed by atoms with van der Waals surface area (Å²) in [6.07, 6.45) is 0.271. The number of alkyl halides is 1. The SMILES string of the molecule is Cc1cc(Br)cc(NC(=O)Cc2nc(CCl)cs2)c1. The first-order valence-corrected chi connectivity index (χ1v) is 7.84. The number of hydrogen-bond acceptors (Lipinski definition) is 3. The monoisotopic (exact) mass is 358 g/mol. The van der Waals surface area contributed by atoms with Crippen molar-refractivity contribution in [2.24, 2.45) is 0 Å². The van der Waals surface area contributed by atoms with Crippen molar-refractivity contribution in [3.05, 3.63) is 44.3 Å². The van der Waals surface area contributed by atoms with Gasteiger partial charge in [0.1, 0.15) is 5.01 Å². The summed E-state index contributed by atoms with van der Waals surface area (Å²) >= 11 is 10.5. The van der Waals surface area contributed by atoms with Crippen molar-refractivity contribution in [3.8, 4) is 0 Å². The minimum atomic E-state index is -0.0760. The molecule has 1 heterocycles. The number of aromatic nitrogens is 1. The third-order valence-corrected chi connectivity index (χ3v) is 4.00. The smallest absolute Gasteiger partial charge is 0.231 e. The fourth-order valence-electron chi connectivity index (χ4n) is 1.64. The Hall–Kier alpha value is -0.910. The largest absolute Gasteiger partial charge is 0.326 e. The molecule has 0 aliphatic heterocycles. The molecule has 6 heteroatoms. The topological polar surface area (TPSA) is 42.0 Å². The summed E-state index contributed by atoms with van der Waals surface area (Å²) in [5, 5.41) is 5.52. The van der Waals surface area contributed by atoms with E-state index < -0.39 is 0 Å². The van der Waals surface area contributed by atoms with Crippen molar-refractivity contribution in [3.63, 3.8) is 0 Å². The van der Waals surface area contributed by atoms with Crippen LogP contribution in [0.25, 0.3) is 0 Å². The maximum Gasteiger partial charge on any atom is 0.231 e. The summed E-state index contributed by atoms with van der Waals surface area (Å²) < 4.78 is 0.946. The predicted molar refractivity (Wildman–Crippen MR) is 82.9 cm³/mol. The normalized spacial score (nSPS) is 10.5. The number of benzene rings is 1. The molecule has 1 aromatic heterocycles. The van der Waals surface area contributed by atoms with E-state index in [2.05, 4.69) is 26.2 Å². The summed E-state index contributed by atoms with van der Waals surface area (Å²) in [5.74, 6) is 0.302. The van der Waals surface area contributed by atoms with Gasteiger partial charge in [-0.3, -0.25) is 4.79 Å². The molecule has 19 heavy (non-hydrogen) atoms. The van der Waals surface area contributed by atoms with Crippen LogP contribution >= 0.6 is 38.9 Å². The molecule has 0 atom stereocenters. The zero-order valence-electron chi connectivity index (χ0n) is 10.2. The number of amides is 1. The lowest BCUT2D eigenvalue weighted by Gasteiger charge is -2.06. The van der Waals surface area contributed by atoms with Gasteiger partial charge in [0.15, 0.2) is 0 Å². The highest BCUT2D eigenvalue weighted by molar-refractivity contribution is 9.10. The number of nitrogens with one attached hydrogen (secondary N) is 1. The molecule has 0 fully saturated rings. The van der Waals surface area contributed by atoms with Gasteiger partial charge >= 0.3 is 0 Å². The molecule has 2 aromatic rings. The lowest BCUT2D eigenvalue weighted by molar-refractivity contribution is -0.115. The Balaban J connectivity index is 2.00. The Morgan fingerprint density at radius 3 is 2.89 bits per heavy atom. The molecule has 2 rings (SSSR count). The maximum atomic E-state index is 11.9. The van der Waals surface area contributed by atoms with E-state index in [-0.39, 0.29) is 12.3 Å². The van der Waals surface area contributed by atoms with Crippen LogP contribution in [0.4, 0.5) is 5.69 Å². The van der Waals surface area contributed by atoms with E-state index in [9.17, 15) is 4.79 Å². The number of carbonyl (C=O) groups is 1. The van der Waals surface area contributed by atoms with E-state index in [0.29, 0.717) is 5.88 Å². The average Bonchev–Trinajstić information content (AvgIpc) is 2.74. The van der Waals surface area contributed by atoms with E-state index in [4.69, 9.17) is 11.6 Å². The first-order valence-electron chi connectivity index (χ1n) is 5.63. The summed E-state index contributed by atoms with van der Waals surface area (Å²) in [6.45, 7) is 1.98. The number of carbonyl (C=O) groups excluding carboxylic acids is 1. The third kappa shape index (κ3) is 4.30. The molecule has 1 aromatic carbocycles. The van der Waals surface area contributed by atoms with Crippen molar-refractivity contribution < 1.29 is 4.79 Å². The molecule has 3 nitrogen and oxygen atoms in total. The Morgan fingerprint density at radius 2 is 2.26 bits per heavy atom. The van der Waals surface area contributed by atoms with E-state index in [1.807, 2.05) is 30.5 Å². The second-order valence-corrected chi connectivity index (χ2v) is 6.23. The summed E-state index contributed by atoms with van der Waals surface area (Å²) in [5.41, 5.74) is 2.68. The second-order valence-electron chi connectivity index (χ2n) is 4.11. The average molecular weight is 360 g/mol. The highest BCUT2D eigenvalue weighted by Crippen LogP contribution is 2.19. The third-order valence-electron chi connectivity index (χ3n) is 2.37. The van der Waals surface area contributed by atoms with Gasteiger partial charge < -0.3 is 5.32 Å². The van der Waals surface area contributed by atoms with E-state index in [1.54, 1.807) is 0 Å². The molecule has 1 amide bonds. The molecular formula is C13H12BrClN2OS. The van der Waals surface area contributed by atoms with E-state index in [1.165, 1.54) is 11.3 Å². The number of thiazole rings is 1. The number of anilines is 1. The van der Waals surface area contributed by atoms with Crippen LogP contribution in [0.3, 0.4) is 0 Å². The van der Waals surface area contributed by atoms with Gasteiger partial charge in [-0.05, 0) is 30.7 Å². The first kappa shape index (κ1) is 14.5. The lowest BCUT2D eigenvalue weighted by Crippen LogP contribution is -2.14. The molecule has 0 aliphatic carbocycles. The van der Waals surface area contributed by atoms with Crippen LogP contribution in [-0.2, 0) is 17.1 Å². The quantitative estimate of drug-likeness (QED) is 0.834. The summed E-state index contributed by atoms with van der Waals surface area (Å²) in [6, 6.07) is 5.79. The number of rotatable bonds is 4. The fraction of sp³-hybridized carbons (Fsp3) is 0.231. The summed E-state index contributed by atoms with van der Waals surface area (Å²) in [4.78, 5) is 16.2. The number of halogens is 2. The molecule has 0 radical (unpaired) electrons. The Bertz CT molecular complexity index is 580. The standard InChI is InChI=1S/C13H12BrClN2OS/c1-8-2-9(14)4-10(3-8)16-12(18)5-13-17-11(6-15)7-19-13/h2-4,7H,5-6H2,1H3,(H,16,18). The van der Waals surface area contributed by atoms with Crippen LogP contribution in [-0.4, -0.2) is 10.9 Å². The molecule has 1 N–H and O–H groups in total. The van der Waals surface area contributed by atoms with Gasteiger partial charge in [0.25, 0.3) is 0 Å². The predicted octanol–water partition coefficient (Wildman–Crippen LogP) is 4.13. The zero-order valence-corrected chi connectivity index (χ0v) is 13.4. The van der Waals surface area contributed by atoms with Crippen molar-refractivity contribution in [1.29, 1.82) is 0 Å². The molecule has 0 aliphatic rings. The van der Waals surface area contributed by atoms with E-state index >= 15 is 0 Å². The summed E-state index contributed by atoms with van der Waals surface area (Å²) in [7, 11) is 0. The lowest BCUT2D eigenvalue weighted by atomic mass is 10.2. The van der Waals surface area contributed by atoms with Crippen LogP contribution in [0.1, 0.15) is 16.3 Å². The highest BCUT2D eigenvalue weighted by atomic mass is 79.9. The van der Waals surface area contributed by atoms with Gasteiger partial charge in [-0.2, -0.15) is 0 Å². The number of hydrogen-bond donors (Lipinski definition) is 1. The van der Waals surface area contributed by atoms with Gasteiger partial charge in [-0.1, -0.05) is 15.9 Å². The first-order chi connectivity index (χ1) is 9.06. The van der Waals surface area contributed by atoms with Crippen molar-refractivity contribution in [2.75, 3.05) is 5.32 Å². The molecule has 0 bridgehead atoms. The van der Waals surface area contributed by atoms with Crippen molar-refractivity contribution >= 4 is 50.5 Å². The Labute approximate surface area is 129 Å². The second kappa shape index (κ2) is 6.50. The van der Waals surface area contributed by atoms with E-state index in [0.717, 1.165) is 26.4 Å². The molecule has 0 saturated heterocycles. The minimum absolute atomic E-state index is 0.0760. The number of nitrogens with zero attached hydrogens (tertiary/aromatic N) is 1. The molecule has 0 spiro atoms. The van der Waals surface area contributed by atoms with Crippen LogP contribution in [0.5, 0.6) is 0 Å². The zero-order chi connectivity index (χ0) is 13.8. The van der Waals surface area contributed by atoms with Crippen molar-refractivity contribution in [1.82, 2.24) is 4.98 Å². The highest BCUT2D eigenvalue weighted by Gasteiger charge is 2.08. The Morgan fingerprint density at radius 1 is 1.47 bits per heavy atom. The van der Waals surface area contributed by atoms with Crippen molar-refractivity contribution in [2.45, 2.75) is 19.2 Å². The van der Waals surface area contributed by atoms with Gasteiger partial charge in [0.2, 0.25) is 5.91 Å². The minimum Gasteiger partial charge on any atom is -0.326 e.